The number of thiophene rings is 1. The van der Waals surface area contributed by atoms with Gasteiger partial charge in [0.25, 0.3) is 0 Å². The Bertz CT molecular complexity index is 468. The van der Waals surface area contributed by atoms with Crippen LogP contribution in [0.5, 0.6) is 0 Å². The molecule has 0 spiro atoms. The molecule has 2 aliphatic rings. The topological polar surface area (TPSA) is 35.6 Å². The van der Waals surface area contributed by atoms with Gasteiger partial charge in [-0.3, -0.25) is 9.69 Å². The van der Waals surface area contributed by atoms with Crippen LogP contribution in [-0.4, -0.2) is 54.5 Å². The number of carbonyl (C=O) groups excluding carboxylic acids is 1. The van der Waals surface area contributed by atoms with Crippen LogP contribution in [0.3, 0.4) is 0 Å². The lowest BCUT2D eigenvalue weighted by molar-refractivity contribution is -0.137. The molecule has 1 aromatic rings. The van der Waals surface area contributed by atoms with Crippen molar-refractivity contribution < 1.29 is 4.79 Å². The summed E-state index contributed by atoms with van der Waals surface area (Å²) in [6.45, 7) is 6.93. The van der Waals surface area contributed by atoms with Crippen molar-refractivity contribution in [1.29, 1.82) is 0 Å². The van der Waals surface area contributed by atoms with Crippen LogP contribution in [0.15, 0.2) is 17.5 Å². The molecule has 2 atom stereocenters. The summed E-state index contributed by atoms with van der Waals surface area (Å²) in [7, 11) is 0. The van der Waals surface area contributed by atoms with Gasteiger partial charge in [-0.1, -0.05) is 18.9 Å². The maximum atomic E-state index is 13.2. The quantitative estimate of drug-likeness (QED) is 0.929. The van der Waals surface area contributed by atoms with E-state index in [1.807, 2.05) is 0 Å². The molecule has 1 amide bonds. The Morgan fingerprint density at radius 1 is 1.27 bits per heavy atom. The largest absolute Gasteiger partial charge is 0.341 e. The van der Waals surface area contributed by atoms with Gasteiger partial charge in [0.05, 0.1) is 0 Å². The maximum absolute atomic E-state index is 13.2. The average Bonchev–Trinajstić information content (AvgIpc) is 2.89. The van der Waals surface area contributed by atoms with E-state index < -0.39 is 0 Å². The highest BCUT2D eigenvalue weighted by atomic mass is 32.1. The summed E-state index contributed by atoms with van der Waals surface area (Å²) < 4.78 is 0. The van der Waals surface area contributed by atoms with E-state index in [0.29, 0.717) is 11.9 Å². The molecular weight excluding hydrogens is 294 g/mol. The fourth-order valence-electron chi connectivity index (χ4n) is 3.57. The first-order valence-electron chi connectivity index (χ1n) is 8.55. The molecule has 0 radical (unpaired) electrons. The van der Waals surface area contributed by atoms with E-state index in [1.165, 1.54) is 17.7 Å². The van der Waals surface area contributed by atoms with Crippen LogP contribution in [0.4, 0.5) is 0 Å². The van der Waals surface area contributed by atoms with Crippen molar-refractivity contribution >= 4 is 17.2 Å². The molecular formula is C17H27N3OS. The van der Waals surface area contributed by atoms with Crippen molar-refractivity contribution in [3.63, 3.8) is 0 Å². The van der Waals surface area contributed by atoms with Crippen LogP contribution in [0.2, 0.25) is 0 Å². The van der Waals surface area contributed by atoms with Crippen LogP contribution in [-0.2, 0) is 4.79 Å². The summed E-state index contributed by atoms with van der Waals surface area (Å²) in [5.74, 6) is 0.318. The Morgan fingerprint density at radius 3 is 2.68 bits per heavy atom. The third-order valence-electron chi connectivity index (χ3n) is 4.73. The van der Waals surface area contributed by atoms with Crippen molar-refractivity contribution in [1.82, 2.24) is 15.1 Å². The molecule has 1 aromatic heterocycles. The van der Waals surface area contributed by atoms with E-state index in [9.17, 15) is 4.79 Å². The second kappa shape index (κ2) is 7.57. The summed E-state index contributed by atoms with van der Waals surface area (Å²) in [5.41, 5.74) is 0. The zero-order valence-corrected chi connectivity index (χ0v) is 14.3. The van der Waals surface area contributed by atoms with Gasteiger partial charge in [0.15, 0.2) is 0 Å². The SMILES string of the molecule is CC1CN(C(C(=O)N2CCCCCC2)c2cccs2)CCN1. The fourth-order valence-corrected chi connectivity index (χ4v) is 4.42. The smallest absolute Gasteiger partial charge is 0.245 e. The number of nitrogens with one attached hydrogen (secondary N) is 1. The molecule has 2 unspecified atom stereocenters. The second-order valence-electron chi connectivity index (χ2n) is 6.51. The molecule has 0 aliphatic carbocycles. The maximum Gasteiger partial charge on any atom is 0.245 e. The lowest BCUT2D eigenvalue weighted by Crippen LogP contribution is -2.53. The molecule has 4 nitrogen and oxygen atoms in total. The first-order chi connectivity index (χ1) is 10.8. The second-order valence-corrected chi connectivity index (χ2v) is 7.49. The van der Waals surface area contributed by atoms with Gasteiger partial charge in [-0.2, -0.15) is 0 Å². The van der Waals surface area contributed by atoms with Gasteiger partial charge < -0.3 is 10.2 Å². The fraction of sp³-hybridized carbons (Fsp3) is 0.706. The van der Waals surface area contributed by atoms with E-state index in [4.69, 9.17) is 0 Å². The van der Waals surface area contributed by atoms with Crippen LogP contribution < -0.4 is 5.32 Å². The normalized spacial score (nSPS) is 25.7. The number of rotatable bonds is 3. The van der Waals surface area contributed by atoms with Crippen molar-refractivity contribution in [2.45, 2.75) is 44.7 Å². The number of likely N-dealkylation sites (tertiary alicyclic amines) is 1. The summed E-state index contributed by atoms with van der Waals surface area (Å²) in [5, 5.41) is 5.56. The lowest BCUT2D eigenvalue weighted by atomic mass is 10.1. The van der Waals surface area contributed by atoms with Crippen molar-refractivity contribution in [2.24, 2.45) is 0 Å². The number of nitrogens with zero attached hydrogens (tertiary/aromatic N) is 2. The molecule has 2 fully saturated rings. The predicted molar refractivity (Wildman–Crippen MR) is 91.1 cm³/mol. The number of amides is 1. The molecule has 3 rings (SSSR count). The van der Waals surface area contributed by atoms with Gasteiger partial charge in [-0.15, -0.1) is 11.3 Å². The zero-order chi connectivity index (χ0) is 15.4. The van der Waals surface area contributed by atoms with Crippen LogP contribution >= 0.6 is 11.3 Å². The van der Waals surface area contributed by atoms with Crippen LogP contribution in [0.1, 0.15) is 43.5 Å². The Labute approximate surface area is 137 Å². The highest BCUT2D eigenvalue weighted by molar-refractivity contribution is 7.10. The minimum Gasteiger partial charge on any atom is -0.341 e. The highest BCUT2D eigenvalue weighted by Crippen LogP contribution is 2.29. The Kier molecular flexibility index (Phi) is 5.50. The molecule has 122 valence electrons. The molecule has 3 heterocycles. The molecule has 5 heteroatoms. The number of hydrogen-bond acceptors (Lipinski definition) is 4. The Hall–Kier alpha value is -0.910. The molecule has 1 N–H and O–H groups in total. The number of carbonyl (C=O) groups is 1. The van der Waals surface area contributed by atoms with Crippen molar-refractivity contribution in [3.05, 3.63) is 22.4 Å². The first kappa shape index (κ1) is 16.0. The van der Waals surface area contributed by atoms with Gasteiger partial charge in [-0.25, -0.2) is 0 Å². The van der Waals surface area contributed by atoms with Gasteiger partial charge >= 0.3 is 0 Å². The molecule has 0 aromatic carbocycles. The minimum atomic E-state index is -0.0809. The van der Waals surface area contributed by atoms with E-state index >= 15 is 0 Å². The minimum absolute atomic E-state index is 0.0809. The van der Waals surface area contributed by atoms with E-state index in [1.54, 1.807) is 11.3 Å². The summed E-state index contributed by atoms with van der Waals surface area (Å²) in [6, 6.07) is 4.56. The van der Waals surface area contributed by atoms with Crippen LogP contribution in [0.25, 0.3) is 0 Å². The first-order valence-corrected chi connectivity index (χ1v) is 9.43. The summed E-state index contributed by atoms with van der Waals surface area (Å²) in [6.07, 6.45) is 4.83. The van der Waals surface area contributed by atoms with E-state index in [2.05, 4.69) is 39.6 Å². The monoisotopic (exact) mass is 321 g/mol. The van der Waals surface area contributed by atoms with Gasteiger partial charge in [0.1, 0.15) is 6.04 Å². The molecule has 2 aliphatic heterocycles. The Balaban J connectivity index is 1.79. The predicted octanol–water partition coefficient (Wildman–Crippen LogP) is 2.49. The highest BCUT2D eigenvalue weighted by Gasteiger charge is 2.34. The molecule has 2 saturated heterocycles. The molecule has 22 heavy (non-hydrogen) atoms. The average molecular weight is 321 g/mol. The van der Waals surface area contributed by atoms with Crippen LogP contribution in [0, 0.1) is 0 Å². The van der Waals surface area contributed by atoms with E-state index in [0.717, 1.165) is 45.6 Å². The molecule has 0 bridgehead atoms. The van der Waals surface area contributed by atoms with Gasteiger partial charge in [0.2, 0.25) is 5.91 Å². The van der Waals surface area contributed by atoms with Crippen molar-refractivity contribution in [2.75, 3.05) is 32.7 Å². The lowest BCUT2D eigenvalue weighted by Gasteiger charge is -2.38. The number of piperazine rings is 1. The third-order valence-corrected chi connectivity index (χ3v) is 5.65. The summed E-state index contributed by atoms with van der Waals surface area (Å²) in [4.78, 5) is 18.9. The third kappa shape index (κ3) is 3.70. The zero-order valence-electron chi connectivity index (χ0n) is 13.5. The molecule has 0 saturated carbocycles. The summed E-state index contributed by atoms with van der Waals surface area (Å²) >= 11 is 1.71. The van der Waals surface area contributed by atoms with E-state index in [-0.39, 0.29) is 6.04 Å². The van der Waals surface area contributed by atoms with Gasteiger partial charge in [-0.05, 0) is 31.2 Å². The van der Waals surface area contributed by atoms with Crippen molar-refractivity contribution in [3.8, 4) is 0 Å². The van der Waals surface area contributed by atoms with Gasteiger partial charge in [0, 0.05) is 43.6 Å². The Morgan fingerprint density at radius 2 is 2.05 bits per heavy atom. The number of hydrogen-bond donors (Lipinski definition) is 1. The standard InChI is InChI=1S/C17H27N3OS/c1-14-13-20(11-8-18-14)16(15-7-6-12-22-15)17(21)19-9-4-2-3-5-10-19/h6-7,12,14,16,18H,2-5,8-11,13H2,1H3.